The zero-order valence-corrected chi connectivity index (χ0v) is 21.8. The topological polar surface area (TPSA) is 33.7 Å². The summed E-state index contributed by atoms with van der Waals surface area (Å²) in [5, 5.41) is 4.37. The van der Waals surface area contributed by atoms with Gasteiger partial charge in [-0.3, -0.25) is 4.90 Å². The van der Waals surface area contributed by atoms with Crippen LogP contribution in [0.1, 0.15) is 29.5 Å². The first-order valence-electron chi connectivity index (χ1n) is 11.2. The highest BCUT2D eigenvalue weighted by Gasteiger charge is 2.20. The second-order valence-corrected chi connectivity index (χ2v) is 8.72. The first kappa shape index (κ1) is 28.3. The van der Waals surface area contributed by atoms with E-state index >= 15 is 0 Å². The van der Waals surface area contributed by atoms with Gasteiger partial charge in [-0.2, -0.15) is 0 Å². The van der Waals surface area contributed by atoms with Crippen LogP contribution in [0.4, 0.5) is 0 Å². The molecule has 0 aliphatic carbocycles. The summed E-state index contributed by atoms with van der Waals surface area (Å²) < 4.78 is 11.8. The highest BCUT2D eigenvalue weighted by Crippen LogP contribution is 2.35. The number of methoxy groups -OCH3 is 1. The Morgan fingerprint density at radius 1 is 0.912 bits per heavy atom. The molecule has 4 nitrogen and oxygen atoms in total. The molecular weight excluding hydrogens is 491 g/mol. The van der Waals surface area contributed by atoms with Gasteiger partial charge in [0.2, 0.25) is 0 Å². The third-order valence-corrected chi connectivity index (χ3v) is 6.18. The predicted octanol–water partition coefficient (Wildman–Crippen LogP) is 6.53. The third kappa shape index (κ3) is 8.07. The SMILES string of the molecule is COc1cc(Cl)cc(CNC2CCN(Cc3ccccc3)CC2)c1OCc1ccccc1.Cl.Cl. The van der Waals surface area contributed by atoms with Crippen LogP contribution in [-0.4, -0.2) is 31.1 Å². The Balaban J connectivity index is 0.00000204. The van der Waals surface area contributed by atoms with Gasteiger partial charge in [-0.1, -0.05) is 72.3 Å². The van der Waals surface area contributed by atoms with E-state index in [1.165, 1.54) is 5.56 Å². The lowest BCUT2D eigenvalue weighted by Crippen LogP contribution is -2.41. The maximum Gasteiger partial charge on any atom is 0.166 e. The van der Waals surface area contributed by atoms with Gasteiger partial charge in [-0.25, -0.2) is 0 Å². The van der Waals surface area contributed by atoms with E-state index in [1.54, 1.807) is 7.11 Å². The van der Waals surface area contributed by atoms with Gasteiger partial charge in [0, 0.05) is 35.8 Å². The van der Waals surface area contributed by atoms with Crippen molar-refractivity contribution < 1.29 is 9.47 Å². The molecule has 0 spiro atoms. The summed E-state index contributed by atoms with van der Waals surface area (Å²) in [7, 11) is 1.65. The van der Waals surface area contributed by atoms with Crippen LogP contribution in [0, 0.1) is 0 Å². The van der Waals surface area contributed by atoms with Gasteiger partial charge in [0.1, 0.15) is 6.61 Å². The second-order valence-electron chi connectivity index (χ2n) is 8.29. The summed E-state index contributed by atoms with van der Waals surface area (Å²) in [6, 6.07) is 25.1. The number of hydrogen-bond donors (Lipinski definition) is 1. The van der Waals surface area contributed by atoms with Gasteiger partial charge in [-0.15, -0.1) is 24.8 Å². The fourth-order valence-corrected chi connectivity index (χ4v) is 4.42. The average Bonchev–Trinajstić information content (AvgIpc) is 2.84. The second kappa shape index (κ2) is 14.4. The number of hydrogen-bond acceptors (Lipinski definition) is 4. The number of likely N-dealkylation sites (tertiary alicyclic amines) is 1. The molecule has 4 rings (SSSR count). The average molecular weight is 524 g/mol. The molecule has 0 atom stereocenters. The van der Waals surface area contributed by atoms with E-state index in [1.807, 2.05) is 30.3 Å². The van der Waals surface area contributed by atoms with Crippen molar-refractivity contribution in [2.24, 2.45) is 0 Å². The minimum Gasteiger partial charge on any atom is -0.493 e. The number of ether oxygens (including phenoxy) is 2. The summed E-state index contributed by atoms with van der Waals surface area (Å²) in [6.45, 7) is 4.41. The largest absolute Gasteiger partial charge is 0.493 e. The molecule has 0 aromatic heterocycles. The van der Waals surface area contributed by atoms with E-state index in [2.05, 4.69) is 52.7 Å². The lowest BCUT2D eigenvalue weighted by atomic mass is 10.0. The predicted molar refractivity (Wildman–Crippen MR) is 145 cm³/mol. The fourth-order valence-electron chi connectivity index (χ4n) is 4.19. The molecule has 34 heavy (non-hydrogen) atoms. The Kier molecular flexibility index (Phi) is 12.0. The van der Waals surface area contributed by atoms with Crippen LogP contribution in [0.15, 0.2) is 72.8 Å². The highest BCUT2D eigenvalue weighted by atomic mass is 35.5. The number of halogens is 3. The maximum absolute atomic E-state index is 6.37. The summed E-state index contributed by atoms with van der Waals surface area (Å²) >= 11 is 6.37. The van der Waals surface area contributed by atoms with Crippen molar-refractivity contribution in [1.29, 1.82) is 0 Å². The molecule has 3 aromatic rings. The maximum atomic E-state index is 6.37. The molecule has 184 valence electrons. The zero-order valence-electron chi connectivity index (χ0n) is 19.4. The van der Waals surface area contributed by atoms with Gasteiger partial charge in [-0.05, 0) is 43.1 Å². The Bertz CT molecular complexity index is 982. The monoisotopic (exact) mass is 522 g/mol. The van der Waals surface area contributed by atoms with Crippen molar-refractivity contribution in [3.8, 4) is 11.5 Å². The lowest BCUT2D eigenvalue weighted by molar-refractivity contribution is 0.189. The van der Waals surface area contributed by atoms with E-state index in [4.69, 9.17) is 21.1 Å². The van der Waals surface area contributed by atoms with Gasteiger partial charge in [0.05, 0.1) is 7.11 Å². The first-order chi connectivity index (χ1) is 15.7. The summed E-state index contributed by atoms with van der Waals surface area (Å²) in [4.78, 5) is 2.53. The molecule has 3 aromatic carbocycles. The third-order valence-electron chi connectivity index (χ3n) is 5.96. The molecule has 1 N–H and O–H groups in total. The van der Waals surface area contributed by atoms with Crippen molar-refractivity contribution >= 4 is 36.4 Å². The lowest BCUT2D eigenvalue weighted by Gasteiger charge is -2.32. The molecule has 1 saturated heterocycles. The van der Waals surface area contributed by atoms with Crippen LogP contribution in [0.5, 0.6) is 11.5 Å². The van der Waals surface area contributed by atoms with Crippen molar-refractivity contribution in [2.45, 2.75) is 38.6 Å². The fraction of sp³-hybridized carbons (Fsp3) is 0.333. The standard InChI is InChI=1S/C27H31ClN2O2.2ClH/c1-31-26-17-24(28)16-23(27(26)32-20-22-10-6-3-7-11-22)18-29-25-12-14-30(15-13-25)19-21-8-4-2-5-9-21;;/h2-11,16-17,25,29H,12-15,18-20H2,1H3;2*1H. The zero-order chi connectivity index (χ0) is 22.2. The van der Waals surface area contributed by atoms with Crippen molar-refractivity contribution in [1.82, 2.24) is 10.2 Å². The molecule has 0 bridgehead atoms. The molecule has 0 saturated carbocycles. The first-order valence-corrected chi connectivity index (χ1v) is 11.6. The van der Waals surface area contributed by atoms with Crippen molar-refractivity contribution in [3.05, 3.63) is 94.5 Å². The minimum atomic E-state index is 0. The molecule has 1 aliphatic heterocycles. The number of nitrogens with zero attached hydrogens (tertiary/aromatic N) is 1. The van der Waals surface area contributed by atoms with Gasteiger partial charge < -0.3 is 14.8 Å². The van der Waals surface area contributed by atoms with Crippen molar-refractivity contribution in [3.63, 3.8) is 0 Å². The van der Waals surface area contributed by atoms with E-state index in [0.717, 1.165) is 49.4 Å². The van der Waals surface area contributed by atoms with Crippen LogP contribution in [-0.2, 0) is 19.7 Å². The molecule has 1 aliphatic rings. The summed E-state index contributed by atoms with van der Waals surface area (Å²) in [5.74, 6) is 1.43. The van der Waals surface area contributed by atoms with Crippen LogP contribution in [0.25, 0.3) is 0 Å². The van der Waals surface area contributed by atoms with E-state index in [-0.39, 0.29) is 24.8 Å². The summed E-state index contributed by atoms with van der Waals surface area (Å²) in [5.41, 5.74) is 3.52. The molecule has 0 unspecified atom stereocenters. The van der Waals surface area contributed by atoms with Crippen LogP contribution < -0.4 is 14.8 Å². The number of benzene rings is 3. The molecule has 1 heterocycles. The number of piperidine rings is 1. The van der Waals surface area contributed by atoms with Crippen LogP contribution in [0.2, 0.25) is 5.02 Å². The minimum absolute atomic E-state index is 0. The Labute approximate surface area is 220 Å². The molecule has 7 heteroatoms. The van der Waals surface area contributed by atoms with Crippen molar-refractivity contribution in [2.75, 3.05) is 20.2 Å². The molecule has 0 amide bonds. The van der Waals surface area contributed by atoms with E-state index in [9.17, 15) is 0 Å². The van der Waals surface area contributed by atoms with E-state index < -0.39 is 0 Å². The number of nitrogens with one attached hydrogen (secondary N) is 1. The molecule has 1 fully saturated rings. The molecule has 0 radical (unpaired) electrons. The highest BCUT2D eigenvalue weighted by molar-refractivity contribution is 6.30. The normalized spacial score (nSPS) is 14.1. The Morgan fingerprint density at radius 2 is 1.53 bits per heavy atom. The van der Waals surface area contributed by atoms with E-state index in [0.29, 0.717) is 30.0 Å². The van der Waals surface area contributed by atoms with Gasteiger partial charge >= 0.3 is 0 Å². The Morgan fingerprint density at radius 3 is 2.15 bits per heavy atom. The quantitative estimate of drug-likeness (QED) is 0.346. The van der Waals surface area contributed by atoms with Crippen LogP contribution >= 0.6 is 36.4 Å². The number of rotatable bonds is 9. The van der Waals surface area contributed by atoms with Crippen LogP contribution in [0.3, 0.4) is 0 Å². The smallest absolute Gasteiger partial charge is 0.166 e. The Hall–Kier alpha value is -1.95. The summed E-state index contributed by atoms with van der Waals surface area (Å²) in [6.07, 6.45) is 2.26. The molecular formula is C27H33Cl3N2O2. The van der Waals surface area contributed by atoms with Gasteiger partial charge in [0.25, 0.3) is 0 Å². The van der Waals surface area contributed by atoms with Gasteiger partial charge in [0.15, 0.2) is 11.5 Å².